The van der Waals surface area contributed by atoms with Gasteiger partial charge in [0.15, 0.2) is 0 Å². The summed E-state index contributed by atoms with van der Waals surface area (Å²) in [4.78, 5) is 0. The maximum absolute atomic E-state index is 12.4. The molecule has 0 aromatic heterocycles. The summed E-state index contributed by atoms with van der Waals surface area (Å²) < 4.78 is 127. The van der Waals surface area contributed by atoms with Crippen LogP contribution in [0, 0.1) is 0 Å². The zero-order valence-electron chi connectivity index (χ0n) is 13.0. The molecule has 1 saturated heterocycles. The van der Waals surface area contributed by atoms with E-state index >= 15 is 0 Å². The van der Waals surface area contributed by atoms with Crippen LogP contribution in [0.4, 0.5) is 39.5 Å². The van der Waals surface area contributed by atoms with Gasteiger partial charge in [-0.15, -0.1) is 0 Å². The van der Waals surface area contributed by atoms with Crippen molar-refractivity contribution in [2.75, 3.05) is 0 Å². The summed E-state index contributed by atoms with van der Waals surface area (Å²) in [5, 5.41) is 0. The Kier molecular flexibility index (Phi) is 7.60. The first-order valence-corrected chi connectivity index (χ1v) is 13.3. The maximum Gasteiger partial charge on any atom is 0.389 e. The molecule has 3 nitrogen and oxygen atoms in total. The van der Waals surface area contributed by atoms with Gasteiger partial charge < -0.3 is 12.3 Å². The quantitative estimate of drug-likeness (QED) is 0.452. The van der Waals surface area contributed by atoms with Crippen molar-refractivity contribution in [1.82, 2.24) is 0 Å². The van der Waals surface area contributed by atoms with E-state index in [1.54, 1.807) is 0 Å². The molecule has 0 aliphatic carbocycles. The van der Waals surface area contributed by atoms with Gasteiger partial charge in [0.1, 0.15) is 0 Å². The van der Waals surface area contributed by atoms with Crippen LogP contribution >= 0.6 is 0 Å². The summed E-state index contributed by atoms with van der Waals surface area (Å²) in [6.07, 6.45) is -17.3. The lowest BCUT2D eigenvalue weighted by Gasteiger charge is -2.41. The molecule has 0 bridgehead atoms. The third-order valence-electron chi connectivity index (χ3n) is 3.25. The normalized spacial score (nSPS) is 29.0. The molecular weight excluding hydrogens is 423 g/mol. The molecule has 0 saturated carbocycles. The molecule has 0 spiro atoms. The number of halogens is 9. The SMILES string of the molecule is C[Si]1(CCC(F)(F)F)O[SiH](CCC(F)(F)F)O[SiH](CCC(F)(F)F)O1. The Bertz CT molecular complexity index is 401. The molecule has 1 aliphatic rings. The van der Waals surface area contributed by atoms with Gasteiger partial charge in [-0.25, -0.2) is 0 Å². The molecule has 0 N–H and O–H groups in total. The van der Waals surface area contributed by atoms with Gasteiger partial charge in [-0.3, -0.25) is 0 Å². The maximum atomic E-state index is 12.4. The minimum absolute atomic E-state index is 0.559. The second-order valence-electron chi connectivity index (χ2n) is 5.79. The Morgan fingerprint density at radius 2 is 1.04 bits per heavy atom. The Labute approximate surface area is 142 Å². The molecule has 15 heteroatoms. The smallest absolute Gasteiger partial charge is 0.389 e. The lowest BCUT2D eigenvalue weighted by atomic mass is 10.5. The molecule has 0 aromatic carbocycles. The molecule has 150 valence electrons. The zero-order chi connectivity index (χ0) is 19.5. The molecule has 1 rings (SSSR count). The van der Waals surface area contributed by atoms with Crippen molar-refractivity contribution in [3.8, 4) is 0 Å². The summed E-state index contributed by atoms with van der Waals surface area (Å²) in [6, 6.07) is -1.70. The van der Waals surface area contributed by atoms with Gasteiger partial charge in [-0.2, -0.15) is 39.5 Å². The fourth-order valence-corrected chi connectivity index (χ4v) is 14.9. The molecule has 1 fully saturated rings. The van der Waals surface area contributed by atoms with Crippen molar-refractivity contribution in [3.05, 3.63) is 0 Å². The molecule has 1 aliphatic heterocycles. The van der Waals surface area contributed by atoms with Crippen LogP contribution in [-0.2, 0) is 12.3 Å². The fourth-order valence-electron chi connectivity index (χ4n) is 2.11. The summed E-state index contributed by atoms with van der Waals surface area (Å²) in [6.45, 7) is 1.24. The van der Waals surface area contributed by atoms with Crippen molar-refractivity contribution in [1.29, 1.82) is 0 Å². The standard InChI is InChI=1S/C10H17F9O3Si3/c1-25(7-4-10(17,18)19)21-23(5-2-8(11,12)13)20-24(22-25)6-3-9(14,15)16/h23-24H,2-7H2,1H3. The van der Waals surface area contributed by atoms with E-state index in [2.05, 4.69) is 0 Å². The van der Waals surface area contributed by atoms with Crippen LogP contribution in [0.3, 0.4) is 0 Å². The van der Waals surface area contributed by atoms with E-state index in [0.717, 1.165) is 0 Å². The monoisotopic (exact) mass is 440 g/mol. The van der Waals surface area contributed by atoms with Crippen LogP contribution in [0.15, 0.2) is 0 Å². The second-order valence-corrected chi connectivity index (χ2v) is 14.4. The van der Waals surface area contributed by atoms with Gasteiger partial charge in [-0.1, -0.05) is 0 Å². The Morgan fingerprint density at radius 1 is 0.680 bits per heavy atom. The third-order valence-corrected chi connectivity index (χ3v) is 14.5. The first-order valence-electron chi connectivity index (χ1n) is 7.28. The van der Waals surface area contributed by atoms with Crippen LogP contribution in [0.25, 0.3) is 0 Å². The van der Waals surface area contributed by atoms with E-state index in [-0.39, 0.29) is 0 Å². The second kappa shape index (κ2) is 8.28. The average Bonchev–Trinajstić information content (AvgIpc) is 2.38. The Hall–Kier alpha value is -0.0994. The van der Waals surface area contributed by atoms with Crippen molar-refractivity contribution < 1.29 is 51.9 Å². The largest absolute Gasteiger partial charge is 0.420 e. The van der Waals surface area contributed by atoms with E-state index in [1.165, 1.54) is 6.55 Å². The molecular formula is C10H17F9O3Si3. The van der Waals surface area contributed by atoms with Gasteiger partial charge in [0, 0.05) is 19.3 Å². The van der Waals surface area contributed by atoms with Gasteiger partial charge in [0.05, 0.1) is 0 Å². The third kappa shape index (κ3) is 10.6. The van der Waals surface area contributed by atoms with Crippen molar-refractivity contribution in [2.24, 2.45) is 0 Å². The lowest BCUT2D eigenvalue weighted by molar-refractivity contribution is -0.131. The topological polar surface area (TPSA) is 27.7 Å². The predicted octanol–water partition coefficient (Wildman–Crippen LogP) is 4.42. The molecule has 0 amide bonds. The Morgan fingerprint density at radius 3 is 1.36 bits per heavy atom. The molecule has 0 aromatic rings. The molecule has 0 radical (unpaired) electrons. The molecule has 2 atom stereocenters. The first kappa shape index (κ1) is 22.9. The van der Waals surface area contributed by atoms with E-state index in [1.807, 2.05) is 0 Å². The highest BCUT2D eigenvalue weighted by Crippen LogP contribution is 2.34. The predicted molar refractivity (Wildman–Crippen MR) is 75.6 cm³/mol. The zero-order valence-corrected chi connectivity index (χ0v) is 16.3. The number of hydrogen-bond acceptors (Lipinski definition) is 3. The van der Waals surface area contributed by atoms with Crippen molar-refractivity contribution >= 4 is 27.1 Å². The van der Waals surface area contributed by atoms with Crippen molar-refractivity contribution in [2.45, 2.75) is 62.5 Å². The van der Waals surface area contributed by atoms with E-state index in [9.17, 15) is 39.5 Å². The van der Waals surface area contributed by atoms with Gasteiger partial charge >= 0.3 is 45.7 Å². The first-order chi connectivity index (χ1) is 11.1. The van der Waals surface area contributed by atoms with Gasteiger partial charge in [0.2, 0.25) is 0 Å². The Balaban J connectivity index is 2.74. The van der Waals surface area contributed by atoms with Crippen LogP contribution in [0.1, 0.15) is 19.3 Å². The van der Waals surface area contributed by atoms with Crippen LogP contribution in [0.5, 0.6) is 0 Å². The number of alkyl halides is 9. The van der Waals surface area contributed by atoms with Crippen molar-refractivity contribution in [3.63, 3.8) is 0 Å². The summed E-state index contributed by atoms with van der Waals surface area (Å²) in [5.74, 6) is 0. The molecule has 25 heavy (non-hydrogen) atoms. The van der Waals surface area contributed by atoms with Gasteiger partial charge in [-0.05, 0) is 24.7 Å². The highest BCUT2D eigenvalue weighted by molar-refractivity contribution is 6.82. The van der Waals surface area contributed by atoms with E-state index in [4.69, 9.17) is 12.3 Å². The van der Waals surface area contributed by atoms with E-state index < -0.39 is 83.1 Å². The fraction of sp³-hybridized carbons (Fsp3) is 1.00. The van der Waals surface area contributed by atoms with Crippen LogP contribution in [-0.4, -0.2) is 45.7 Å². The molecule has 1 heterocycles. The summed E-state index contributed by atoms with van der Waals surface area (Å²) in [7, 11) is -9.59. The minimum atomic E-state index is -4.52. The minimum Gasteiger partial charge on any atom is -0.420 e. The van der Waals surface area contributed by atoms with Gasteiger partial charge in [0.25, 0.3) is 0 Å². The summed E-state index contributed by atoms with van der Waals surface area (Å²) >= 11 is 0. The lowest BCUT2D eigenvalue weighted by Crippen LogP contribution is -2.57. The number of hydrogen-bond donors (Lipinski definition) is 0. The summed E-state index contributed by atoms with van der Waals surface area (Å²) in [5.41, 5.74) is 0. The van der Waals surface area contributed by atoms with Crippen LogP contribution in [0.2, 0.25) is 24.7 Å². The highest BCUT2D eigenvalue weighted by atomic mass is 28.5. The van der Waals surface area contributed by atoms with Crippen LogP contribution < -0.4 is 0 Å². The average molecular weight is 440 g/mol. The number of rotatable bonds is 6. The molecule has 2 unspecified atom stereocenters. The van der Waals surface area contributed by atoms with E-state index in [0.29, 0.717) is 0 Å². The highest BCUT2D eigenvalue weighted by Gasteiger charge is 2.47.